The number of rotatable bonds is 6. The van der Waals surface area contributed by atoms with Crippen LogP contribution in [0.15, 0.2) is 47.4 Å². The lowest BCUT2D eigenvalue weighted by atomic mass is 10.2. The Morgan fingerprint density at radius 3 is 2.39 bits per heavy atom. The Hall–Kier alpha value is -1.72. The number of carbonyl (C=O) groups is 1. The summed E-state index contributed by atoms with van der Waals surface area (Å²) in [6.07, 6.45) is 0. The van der Waals surface area contributed by atoms with Crippen molar-refractivity contribution in [3.63, 3.8) is 0 Å². The number of morpholine rings is 1. The molecule has 2 aromatic rings. The van der Waals surface area contributed by atoms with Crippen LogP contribution in [0.1, 0.15) is 20.5 Å². The predicted octanol–water partition coefficient (Wildman–Crippen LogP) is 3.41. The van der Waals surface area contributed by atoms with Crippen LogP contribution in [0.25, 0.3) is 0 Å². The van der Waals surface area contributed by atoms with E-state index in [1.54, 1.807) is 12.1 Å². The van der Waals surface area contributed by atoms with Crippen molar-refractivity contribution >= 4 is 39.5 Å². The molecule has 2 fully saturated rings. The van der Waals surface area contributed by atoms with E-state index in [2.05, 4.69) is 0 Å². The Morgan fingerprint density at radius 2 is 1.74 bits per heavy atom. The van der Waals surface area contributed by atoms with Gasteiger partial charge in [0, 0.05) is 24.6 Å². The smallest absolute Gasteiger partial charge is 0.347 e. The van der Waals surface area contributed by atoms with Crippen molar-refractivity contribution in [2.75, 3.05) is 44.9 Å². The van der Waals surface area contributed by atoms with Crippen LogP contribution in [0, 0.1) is 0 Å². The van der Waals surface area contributed by atoms with Gasteiger partial charge in [-0.3, -0.25) is 0 Å². The Labute approximate surface area is 190 Å². The van der Waals surface area contributed by atoms with E-state index < -0.39 is 16.0 Å². The van der Waals surface area contributed by atoms with Gasteiger partial charge in [0.1, 0.15) is 17.1 Å². The van der Waals surface area contributed by atoms with Crippen LogP contribution in [-0.2, 0) is 14.8 Å². The van der Waals surface area contributed by atoms with E-state index in [0.29, 0.717) is 23.5 Å². The van der Waals surface area contributed by atoms with E-state index in [1.165, 1.54) is 35.2 Å². The first-order chi connectivity index (χ1) is 15.0. The molecule has 2 aliphatic rings. The van der Waals surface area contributed by atoms with Gasteiger partial charge in [0.15, 0.2) is 0 Å². The highest BCUT2D eigenvalue weighted by Crippen LogP contribution is 2.45. The molecule has 0 atom stereocenters. The van der Waals surface area contributed by atoms with E-state index >= 15 is 0 Å². The molecule has 166 valence electrons. The number of esters is 1. The summed E-state index contributed by atoms with van der Waals surface area (Å²) < 4.78 is 43.7. The Morgan fingerprint density at radius 1 is 1.06 bits per heavy atom. The van der Waals surface area contributed by atoms with Gasteiger partial charge in [0.25, 0.3) is 0 Å². The summed E-state index contributed by atoms with van der Waals surface area (Å²) in [5, 5.41) is 0. The van der Waals surface area contributed by atoms with Crippen molar-refractivity contribution in [2.45, 2.75) is 9.48 Å². The molecule has 0 radical (unpaired) electrons. The third kappa shape index (κ3) is 5.04. The quantitative estimate of drug-likeness (QED) is 0.459. The third-order valence-electron chi connectivity index (χ3n) is 4.98. The van der Waals surface area contributed by atoms with Gasteiger partial charge in [0.2, 0.25) is 10.0 Å². The summed E-state index contributed by atoms with van der Waals surface area (Å²) in [6, 6.07) is 11.6. The fourth-order valence-corrected chi connectivity index (χ4v) is 7.64. The van der Waals surface area contributed by atoms with Crippen molar-refractivity contribution in [1.29, 1.82) is 0 Å². The molecule has 0 spiro atoms. The number of benzene rings is 2. The molecule has 2 heterocycles. The maximum atomic E-state index is 13.0. The maximum absolute atomic E-state index is 13.0. The lowest BCUT2D eigenvalue weighted by molar-refractivity contribution is 0.0725. The summed E-state index contributed by atoms with van der Waals surface area (Å²) in [5.41, 5.74) is 1.24. The monoisotopic (exact) mass is 481 g/mol. The molecular formula is C21H23NO6S3. The Kier molecular flexibility index (Phi) is 7.12. The zero-order valence-electron chi connectivity index (χ0n) is 17.0. The summed E-state index contributed by atoms with van der Waals surface area (Å²) in [4.78, 5) is 12.9. The number of sulfonamides is 1. The normalized spacial score (nSPS) is 18.1. The molecule has 0 unspecified atom stereocenters. The molecule has 0 N–H and O–H groups in total. The van der Waals surface area contributed by atoms with E-state index in [0.717, 1.165) is 11.5 Å². The first-order valence-electron chi connectivity index (χ1n) is 9.80. The number of nitrogens with zero attached hydrogens (tertiary/aromatic N) is 1. The van der Waals surface area contributed by atoms with Crippen molar-refractivity contribution in [2.24, 2.45) is 0 Å². The second-order valence-corrected chi connectivity index (χ2v) is 11.6. The van der Waals surface area contributed by atoms with Crippen LogP contribution in [-0.4, -0.2) is 63.6 Å². The first kappa shape index (κ1) is 22.5. The highest BCUT2D eigenvalue weighted by atomic mass is 32.2. The van der Waals surface area contributed by atoms with Gasteiger partial charge >= 0.3 is 5.97 Å². The molecule has 31 heavy (non-hydrogen) atoms. The minimum atomic E-state index is -3.75. The highest BCUT2D eigenvalue weighted by molar-refractivity contribution is 8.19. The molecule has 0 aromatic heterocycles. The zero-order valence-corrected chi connectivity index (χ0v) is 19.4. The summed E-state index contributed by atoms with van der Waals surface area (Å²) >= 11 is 3.81. The van der Waals surface area contributed by atoms with Crippen LogP contribution in [0.2, 0.25) is 0 Å². The molecule has 0 bridgehead atoms. The van der Waals surface area contributed by atoms with Gasteiger partial charge in [-0.15, -0.1) is 23.5 Å². The van der Waals surface area contributed by atoms with Gasteiger partial charge < -0.3 is 14.2 Å². The van der Waals surface area contributed by atoms with Gasteiger partial charge in [-0.2, -0.15) is 4.31 Å². The highest BCUT2D eigenvalue weighted by Gasteiger charge is 2.28. The molecule has 7 nitrogen and oxygen atoms in total. The lowest BCUT2D eigenvalue weighted by Gasteiger charge is -2.26. The lowest BCUT2D eigenvalue weighted by Crippen LogP contribution is -2.40. The van der Waals surface area contributed by atoms with E-state index in [-0.39, 0.29) is 29.3 Å². The molecule has 2 aliphatic heterocycles. The number of carbonyl (C=O) groups excluding carboxylic acids is 1. The maximum Gasteiger partial charge on any atom is 0.347 e. The van der Waals surface area contributed by atoms with Crippen molar-refractivity contribution in [1.82, 2.24) is 4.31 Å². The van der Waals surface area contributed by atoms with Crippen LogP contribution in [0.3, 0.4) is 0 Å². The van der Waals surface area contributed by atoms with Crippen molar-refractivity contribution < 1.29 is 27.4 Å². The number of hydrogen-bond acceptors (Lipinski definition) is 8. The minimum absolute atomic E-state index is 0.0211. The molecule has 0 saturated carbocycles. The molecule has 0 amide bonds. The standard InChI is InChI=1S/C21H23NO6S3/c1-26-19-7-6-17(31(24,25)22-8-10-27-11-9-22)14-18(19)20(23)28-16-4-2-15(3-5-16)21-29-12-13-30-21/h2-7,14,21H,8-13H2,1H3. The Balaban J connectivity index is 1.54. The molecule has 2 saturated heterocycles. The topological polar surface area (TPSA) is 82.1 Å². The molecule has 4 rings (SSSR count). The van der Waals surface area contributed by atoms with Crippen LogP contribution in [0.5, 0.6) is 11.5 Å². The Bertz CT molecular complexity index is 1030. The van der Waals surface area contributed by atoms with E-state index in [4.69, 9.17) is 14.2 Å². The number of hydrogen-bond donors (Lipinski definition) is 0. The van der Waals surface area contributed by atoms with Gasteiger partial charge in [-0.25, -0.2) is 13.2 Å². The molecular weight excluding hydrogens is 458 g/mol. The van der Waals surface area contributed by atoms with Gasteiger partial charge in [-0.1, -0.05) is 12.1 Å². The molecule has 2 aromatic carbocycles. The van der Waals surface area contributed by atoms with Crippen LogP contribution in [0.4, 0.5) is 0 Å². The third-order valence-corrected chi connectivity index (χ3v) is 9.98. The second-order valence-electron chi connectivity index (χ2n) is 6.91. The minimum Gasteiger partial charge on any atom is -0.496 e. The first-order valence-corrected chi connectivity index (χ1v) is 13.3. The van der Waals surface area contributed by atoms with Crippen molar-refractivity contribution in [3.8, 4) is 11.5 Å². The van der Waals surface area contributed by atoms with Crippen LogP contribution < -0.4 is 9.47 Å². The van der Waals surface area contributed by atoms with Gasteiger partial charge in [-0.05, 0) is 35.9 Å². The number of ether oxygens (including phenoxy) is 3. The number of methoxy groups -OCH3 is 1. The fourth-order valence-electron chi connectivity index (χ4n) is 3.35. The average Bonchev–Trinajstić information content (AvgIpc) is 3.34. The van der Waals surface area contributed by atoms with E-state index in [9.17, 15) is 13.2 Å². The summed E-state index contributed by atoms with van der Waals surface area (Å²) in [6.45, 7) is 1.24. The molecule has 0 aliphatic carbocycles. The van der Waals surface area contributed by atoms with E-state index in [1.807, 2.05) is 35.7 Å². The summed E-state index contributed by atoms with van der Waals surface area (Å²) in [7, 11) is -2.32. The van der Waals surface area contributed by atoms with Crippen molar-refractivity contribution in [3.05, 3.63) is 53.6 Å². The number of thioether (sulfide) groups is 2. The van der Waals surface area contributed by atoms with Gasteiger partial charge in [0.05, 0.1) is 29.8 Å². The van der Waals surface area contributed by atoms with Crippen LogP contribution >= 0.6 is 23.5 Å². The fraction of sp³-hybridized carbons (Fsp3) is 0.381. The zero-order chi connectivity index (χ0) is 21.8. The average molecular weight is 482 g/mol. The SMILES string of the molecule is COc1ccc(S(=O)(=O)N2CCOCC2)cc1C(=O)Oc1ccc(C2SCCS2)cc1. The predicted molar refractivity (Wildman–Crippen MR) is 122 cm³/mol. The largest absolute Gasteiger partial charge is 0.496 e. The summed E-state index contributed by atoms with van der Waals surface area (Å²) in [5.74, 6) is 2.24. The second kappa shape index (κ2) is 9.83. The molecule has 10 heteroatoms.